The highest BCUT2D eigenvalue weighted by molar-refractivity contribution is 6.11. The Morgan fingerprint density at radius 1 is 0.921 bits per heavy atom. The minimum absolute atomic E-state index is 0.00971. The molecule has 0 aromatic carbocycles. The Balaban J connectivity index is 1.40. The first-order valence-corrected chi connectivity index (χ1v) is 15.5. The molecule has 5 heteroatoms. The van der Waals surface area contributed by atoms with E-state index in [1.807, 2.05) is 13.0 Å². The maximum Gasteiger partial charge on any atom is 0.320 e. The van der Waals surface area contributed by atoms with E-state index in [1.54, 1.807) is 0 Å². The lowest BCUT2D eigenvalue weighted by Gasteiger charge is -2.69. The summed E-state index contributed by atoms with van der Waals surface area (Å²) in [4.78, 5) is 27.7. The third kappa shape index (κ3) is 3.30. The van der Waals surface area contributed by atoms with E-state index in [0.717, 1.165) is 44.9 Å². The molecule has 212 valence electrons. The molecule has 6 rings (SSSR count). The molecule has 6 aliphatic rings. The van der Waals surface area contributed by atoms with E-state index in [4.69, 9.17) is 14.2 Å². The van der Waals surface area contributed by atoms with Crippen molar-refractivity contribution in [1.82, 2.24) is 0 Å². The molecule has 0 N–H and O–H groups in total. The van der Waals surface area contributed by atoms with Crippen LogP contribution in [0.1, 0.15) is 106 Å². The molecule has 5 aliphatic carbocycles. The van der Waals surface area contributed by atoms with Crippen LogP contribution in [-0.4, -0.2) is 37.4 Å². The Bertz CT molecular complexity index is 1050. The fourth-order valence-corrected chi connectivity index (χ4v) is 11.3. The zero-order chi connectivity index (χ0) is 27.4. The Morgan fingerprint density at radius 2 is 1.63 bits per heavy atom. The second-order valence-corrected chi connectivity index (χ2v) is 15.6. The van der Waals surface area contributed by atoms with Gasteiger partial charge in [-0.3, -0.25) is 9.59 Å². The predicted octanol–water partition coefficient (Wildman–Crippen LogP) is 6.88. The highest BCUT2D eigenvalue weighted by Gasteiger charge is 2.70. The van der Waals surface area contributed by atoms with Crippen LogP contribution in [0.3, 0.4) is 0 Å². The fourth-order valence-electron chi connectivity index (χ4n) is 11.3. The number of hydrogen-bond donors (Lipinski definition) is 0. The summed E-state index contributed by atoms with van der Waals surface area (Å²) in [6, 6.07) is 0. The zero-order valence-corrected chi connectivity index (χ0v) is 24.9. The van der Waals surface area contributed by atoms with Gasteiger partial charge in [0.25, 0.3) is 0 Å². The summed E-state index contributed by atoms with van der Waals surface area (Å²) in [6.45, 7) is 18.0. The van der Waals surface area contributed by atoms with Gasteiger partial charge >= 0.3 is 5.97 Å². The number of ether oxygens (including phenoxy) is 3. The average Bonchev–Trinajstić information content (AvgIpc) is 3.33. The van der Waals surface area contributed by atoms with E-state index >= 15 is 0 Å². The van der Waals surface area contributed by atoms with Gasteiger partial charge in [-0.25, -0.2) is 0 Å². The summed E-state index contributed by atoms with van der Waals surface area (Å²) in [7, 11) is 0. The molecular weight excluding hydrogens is 476 g/mol. The molecule has 5 nitrogen and oxygen atoms in total. The second kappa shape index (κ2) is 8.41. The molecule has 1 saturated heterocycles. The van der Waals surface area contributed by atoms with Crippen LogP contribution in [-0.2, 0) is 23.8 Å². The maximum atomic E-state index is 14.2. The van der Waals surface area contributed by atoms with Gasteiger partial charge in [0, 0.05) is 11.8 Å². The molecule has 1 heterocycles. The molecule has 38 heavy (non-hydrogen) atoms. The Hall–Kier alpha value is -1.20. The van der Waals surface area contributed by atoms with E-state index in [-0.39, 0.29) is 39.3 Å². The third-order valence-corrected chi connectivity index (χ3v) is 13.2. The number of fused-ring (bicyclic) bond motifs is 7. The summed E-state index contributed by atoms with van der Waals surface area (Å²) < 4.78 is 18.4. The van der Waals surface area contributed by atoms with Crippen LogP contribution in [0.15, 0.2) is 11.6 Å². The molecule has 0 unspecified atom stereocenters. The largest absolute Gasteiger partial charge is 0.465 e. The monoisotopic (exact) mass is 526 g/mol. The number of hydrogen-bond acceptors (Lipinski definition) is 5. The fraction of sp³-hybridized carbons (Fsp3) is 0.879. The zero-order valence-electron chi connectivity index (χ0n) is 24.9. The highest BCUT2D eigenvalue weighted by Crippen LogP contribution is 2.73. The predicted molar refractivity (Wildman–Crippen MR) is 146 cm³/mol. The lowest BCUT2D eigenvalue weighted by atomic mass is 9.36. The van der Waals surface area contributed by atoms with Crippen LogP contribution in [0.2, 0.25) is 0 Å². The third-order valence-electron chi connectivity index (χ3n) is 13.2. The minimum Gasteiger partial charge on any atom is -0.465 e. The molecule has 0 radical (unpaired) electrons. The van der Waals surface area contributed by atoms with E-state index in [1.165, 1.54) is 12.0 Å². The number of ketones is 1. The van der Waals surface area contributed by atoms with Crippen molar-refractivity contribution in [3.63, 3.8) is 0 Å². The molecule has 0 aromatic heterocycles. The summed E-state index contributed by atoms with van der Waals surface area (Å²) in [5.41, 5.74) is 0.622. The molecule has 0 amide bonds. The van der Waals surface area contributed by atoms with Gasteiger partial charge in [0.1, 0.15) is 5.41 Å². The summed E-state index contributed by atoms with van der Waals surface area (Å²) in [6.07, 6.45) is 10.9. The van der Waals surface area contributed by atoms with Crippen molar-refractivity contribution in [2.75, 3.05) is 19.8 Å². The normalized spacial score (nSPS) is 46.3. The number of allylic oxidation sites excluding steroid dienone is 2. The van der Waals surface area contributed by atoms with Crippen LogP contribution in [0, 0.1) is 50.7 Å². The van der Waals surface area contributed by atoms with Crippen LogP contribution in [0.4, 0.5) is 0 Å². The smallest absolute Gasteiger partial charge is 0.320 e. The van der Waals surface area contributed by atoms with Crippen molar-refractivity contribution in [2.24, 2.45) is 50.7 Å². The highest BCUT2D eigenvalue weighted by atomic mass is 16.7. The van der Waals surface area contributed by atoms with E-state index < -0.39 is 11.2 Å². The van der Waals surface area contributed by atoms with Gasteiger partial charge in [0.05, 0.1) is 19.8 Å². The minimum atomic E-state index is -0.986. The Morgan fingerprint density at radius 3 is 2.32 bits per heavy atom. The van der Waals surface area contributed by atoms with Gasteiger partial charge in [-0.1, -0.05) is 47.1 Å². The van der Waals surface area contributed by atoms with Crippen molar-refractivity contribution in [1.29, 1.82) is 0 Å². The molecule has 1 spiro atoms. The van der Waals surface area contributed by atoms with Crippen LogP contribution >= 0.6 is 0 Å². The van der Waals surface area contributed by atoms with Gasteiger partial charge in [0.15, 0.2) is 11.6 Å². The topological polar surface area (TPSA) is 61.8 Å². The van der Waals surface area contributed by atoms with Crippen LogP contribution in [0.5, 0.6) is 0 Å². The molecule has 0 bridgehead atoms. The Labute approximate surface area is 229 Å². The lowest BCUT2D eigenvalue weighted by Crippen LogP contribution is -2.65. The molecule has 7 atom stereocenters. The SMILES string of the molecule is CCOC(=O)[C@@]12CCC(C)(C)C[C@@H]1[C@H]1CC[C@@H]3[C@@]4(C)CCC5(OCCO5)C(C)(C)[C@@H]4CC[C@@]3(C)C1=CC2=O. The van der Waals surface area contributed by atoms with Crippen molar-refractivity contribution >= 4 is 11.8 Å². The van der Waals surface area contributed by atoms with Crippen LogP contribution < -0.4 is 0 Å². The van der Waals surface area contributed by atoms with E-state index in [0.29, 0.717) is 44.0 Å². The van der Waals surface area contributed by atoms with Gasteiger partial charge in [-0.05, 0) is 104 Å². The molecule has 1 aliphatic heterocycles. The number of esters is 1. The van der Waals surface area contributed by atoms with Crippen molar-refractivity contribution in [3.05, 3.63) is 11.6 Å². The molecular formula is C33H50O5. The van der Waals surface area contributed by atoms with Gasteiger partial charge in [-0.2, -0.15) is 0 Å². The summed E-state index contributed by atoms with van der Waals surface area (Å²) >= 11 is 0. The maximum absolute atomic E-state index is 14.2. The van der Waals surface area contributed by atoms with Crippen molar-refractivity contribution in [2.45, 2.75) is 112 Å². The average molecular weight is 527 g/mol. The number of carbonyl (C=O) groups excluding carboxylic acids is 2. The second-order valence-electron chi connectivity index (χ2n) is 15.6. The quantitative estimate of drug-likeness (QED) is 0.290. The molecule has 4 saturated carbocycles. The Kier molecular flexibility index (Phi) is 5.97. The molecule has 0 aromatic rings. The van der Waals surface area contributed by atoms with Gasteiger partial charge < -0.3 is 14.2 Å². The first-order valence-electron chi connectivity index (χ1n) is 15.5. The standard InChI is InChI=1S/C33H50O5/c1-8-36-27(35)32-15-13-28(2,3)20-23(32)21-9-10-25-30(6,22(21)19-26(32)34)12-11-24-29(4,5)33(37-17-18-38-33)16-14-31(24,25)7/h19,21,23-25H,8-18,20H2,1-7H3/t21-,23+,24-,25-,30-,31-,32-/m0/s1. The molecule has 5 fully saturated rings. The first kappa shape index (κ1) is 27.0. The van der Waals surface area contributed by atoms with Crippen molar-refractivity contribution in [3.8, 4) is 0 Å². The van der Waals surface area contributed by atoms with Gasteiger partial charge in [-0.15, -0.1) is 0 Å². The first-order chi connectivity index (χ1) is 17.8. The van der Waals surface area contributed by atoms with Crippen LogP contribution in [0.25, 0.3) is 0 Å². The summed E-state index contributed by atoms with van der Waals surface area (Å²) in [5.74, 6) is 0.703. The van der Waals surface area contributed by atoms with E-state index in [9.17, 15) is 9.59 Å². The number of rotatable bonds is 2. The van der Waals surface area contributed by atoms with Crippen molar-refractivity contribution < 1.29 is 23.8 Å². The lowest BCUT2D eigenvalue weighted by molar-refractivity contribution is -0.302. The van der Waals surface area contributed by atoms with E-state index in [2.05, 4.69) is 41.5 Å². The summed E-state index contributed by atoms with van der Waals surface area (Å²) in [5, 5.41) is 0. The van der Waals surface area contributed by atoms with Gasteiger partial charge in [0.2, 0.25) is 0 Å². The number of carbonyl (C=O) groups is 2.